The van der Waals surface area contributed by atoms with Gasteiger partial charge in [-0.1, -0.05) is 36.4 Å². The molecule has 2 heterocycles. The SMILES string of the molecule is CCOc1ccc(C(CNC(=O)c2ccc(Cn3cccn3)cc2)c2c[nH]c3ccccc23)cc1OC. The Morgan fingerprint density at radius 1 is 1.05 bits per heavy atom. The van der Waals surface area contributed by atoms with Crippen molar-refractivity contribution in [2.75, 3.05) is 20.3 Å². The van der Waals surface area contributed by atoms with E-state index in [2.05, 4.69) is 27.5 Å². The monoisotopic (exact) mass is 494 g/mol. The number of carbonyl (C=O) groups excluding carboxylic acids is 1. The van der Waals surface area contributed by atoms with Crippen molar-refractivity contribution in [1.29, 1.82) is 0 Å². The third-order valence-electron chi connectivity index (χ3n) is 6.47. The van der Waals surface area contributed by atoms with Crippen LogP contribution in [0.4, 0.5) is 0 Å². The molecule has 5 rings (SSSR count). The lowest BCUT2D eigenvalue weighted by atomic mass is 9.90. The Balaban J connectivity index is 1.39. The number of hydrogen-bond acceptors (Lipinski definition) is 4. The molecule has 0 fully saturated rings. The van der Waals surface area contributed by atoms with Crippen molar-refractivity contribution in [3.63, 3.8) is 0 Å². The highest BCUT2D eigenvalue weighted by molar-refractivity contribution is 5.94. The first-order chi connectivity index (χ1) is 18.2. The van der Waals surface area contributed by atoms with Crippen LogP contribution in [0.15, 0.2) is 91.4 Å². The quantitative estimate of drug-likeness (QED) is 0.273. The predicted molar refractivity (Wildman–Crippen MR) is 144 cm³/mol. The summed E-state index contributed by atoms with van der Waals surface area (Å²) in [5, 5.41) is 8.51. The first kappa shape index (κ1) is 24.2. The summed E-state index contributed by atoms with van der Waals surface area (Å²) in [6.45, 7) is 3.59. The van der Waals surface area contributed by atoms with E-state index < -0.39 is 0 Å². The molecule has 188 valence electrons. The Morgan fingerprint density at radius 3 is 2.65 bits per heavy atom. The molecule has 7 nitrogen and oxygen atoms in total. The molecule has 0 bridgehead atoms. The van der Waals surface area contributed by atoms with E-state index in [4.69, 9.17) is 9.47 Å². The van der Waals surface area contributed by atoms with Crippen LogP contribution in [0.25, 0.3) is 10.9 Å². The summed E-state index contributed by atoms with van der Waals surface area (Å²) in [5.41, 5.74) is 4.89. The minimum Gasteiger partial charge on any atom is -0.493 e. The number of methoxy groups -OCH3 is 1. The van der Waals surface area contributed by atoms with Crippen LogP contribution in [0.5, 0.6) is 11.5 Å². The minimum absolute atomic E-state index is 0.0937. The second-order valence-electron chi connectivity index (χ2n) is 8.80. The van der Waals surface area contributed by atoms with Gasteiger partial charge in [-0.3, -0.25) is 9.48 Å². The fourth-order valence-corrected chi connectivity index (χ4v) is 4.60. The summed E-state index contributed by atoms with van der Waals surface area (Å²) >= 11 is 0. The van der Waals surface area contributed by atoms with Gasteiger partial charge in [0.05, 0.1) is 20.3 Å². The number of ether oxygens (including phenoxy) is 2. The van der Waals surface area contributed by atoms with Gasteiger partial charge in [0.2, 0.25) is 0 Å². The molecule has 0 aliphatic heterocycles. The highest BCUT2D eigenvalue weighted by Gasteiger charge is 2.21. The summed E-state index contributed by atoms with van der Waals surface area (Å²) in [5.74, 6) is 1.16. The Hall–Kier alpha value is -4.52. The van der Waals surface area contributed by atoms with Crippen LogP contribution in [-0.2, 0) is 6.54 Å². The van der Waals surface area contributed by atoms with E-state index in [1.54, 1.807) is 13.3 Å². The maximum Gasteiger partial charge on any atom is 0.251 e. The van der Waals surface area contributed by atoms with E-state index in [0.717, 1.165) is 27.6 Å². The molecule has 1 amide bonds. The van der Waals surface area contributed by atoms with Gasteiger partial charge in [-0.05, 0) is 60.0 Å². The first-order valence-electron chi connectivity index (χ1n) is 12.4. The lowest BCUT2D eigenvalue weighted by Crippen LogP contribution is -2.29. The molecule has 37 heavy (non-hydrogen) atoms. The van der Waals surface area contributed by atoms with Gasteiger partial charge >= 0.3 is 0 Å². The Morgan fingerprint density at radius 2 is 1.89 bits per heavy atom. The molecular formula is C30H30N4O3. The summed E-state index contributed by atoms with van der Waals surface area (Å²) in [7, 11) is 1.64. The van der Waals surface area contributed by atoms with E-state index in [-0.39, 0.29) is 11.8 Å². The van der Waals surface area contributed by atoms with Gasteiger partial charge < -0.3 is 19.8 Å². The predicted octanol–water partition coefficient (Wildman–Crippen LogP) is 5.38. The number of rotatable bonds is 10. The van der Waals surface area contributed by atoms with E-state index in [1.165, 1.54) is 0 Å². The van der Waals surface area contributed by atoms with E-state index in [0.29, 0.717) is 36.8 Å². The standard InChI is InChI=1S/C30H30N4O3/c1-3-37-28-14-13-23(17-29(28)36-2)25(26-19-31-27-8-5-4-7-24(26)27)18-32-30(35)22-11-9-21(10-12-22)20-34-16-6-15-33-34/h4-17,19,25,31H,3,18,20H2,1-2H3,(H,32,35). The summed E-state index contributed by atoms with van der Waals surface area (Å²) < 4.78 is 13.2. The van der Waals surface area contributed by atoms with Crippen LogP contribution in [0, 0.1) is 0 Å². The largest absolute Gasteiger partial charge is 0.493 e. The van der Waals surface area contributed by atoms with Crippen LogP contribution in [0.1, 0.15) is 39.9 Å². The fourth-order valence-electron chi connectivity index (χ4n) is 4.60. The Labute approximate surface area is 216 Å². The minimum atomic E-state index is -0.117. The number of amides is 1. The third-order valence-corrected chi connectivity index (χ3v) is 6.47. The van der Waals surface area contributed by atoms with Gasteiger partial charge in [0, 0.05) is 47.5 Å². The van der Waals surface area contributed by atoms with Crippen molar-refractivity contribution in [3.8, 4) is 11.5 Å². The molecule has 0 aliphatic rings. The molecule has 0 radical (unpaired) electrons. The summed E-state index contributed by atoms with van der Waals surface area (Å²) in [4.78, 5) is 16.5. The highest BCUT2D eigenvalue weighted by Crippen LogP contribution is 2.36. The van der Waals surface area contributed by atoms with Crippen LogP contribution < -0.4 is 14.8 Å². The highest BCUT2D eigenvalue weighted by atomic mass is 16.5. The van der Waals surface area contributed by atoms with Crippen LogP contribution >= 0.6 is 0 Å². The van der Waals surface area contributed by atoms with Crippen molar-refractivity contribution in [2.24, 2.45) is 0 Å². The molecule has 3 aromatic carbocycles. The molecule has 5 aromatic rings. The average Bonchev–Trinajstić information content (AvgIpc) is 3.60. The first-order valence-corrected chi connectivity index (χ1v) is 12.4. The topological polar surface area (TPSA) is 81.2 Å². The van der Waals surface area contributed by atoms with E-state index >= 15 is 0 Å². The maximum absolute atomic E-state index is 13.1. The number of aromatic amines is 1. The molecule has 1 atom stereocenters. The normalized spacial score (nSPS) is 11.8. The number of hydrogen-bond donors (Lipinski definition) is 2. The molecule has 0 spiro atoms. The van der Waals surface area contributed by atoms with Gasteiger partial charge in [-0.25, -0.2) is 0 Å². The molecule has 2 aromatic heterocycles. The number of nitrogens with one attached hydrogen (secondary N) is 2. The number of benzene rings is 3. The second-order valence-corrected chi connectivity index (χ2v) is 8.80. The molecule has 0 aliphatic carbocycles. The van der Waals surface area contributed by atoms with Crippen LogP contribution in [0.3, 0.4) is 0 Å². The second kappa shape index (κ2) is 11.0. The number of aromatic nitrogens is 3. The van der Waals surface area contributed by atoms with Gasteiger partial charge in [0.15, 0.2) is 11.5 Å². The molecule has 0 saturated heterocycles. The summed E-state index contributed by atoms with van der Waals surface area (Å²) in [6.07, 6.45) is 5.70. The number of fused-ring (bicyclic) bond motifs is 1. The zero-order valence-electron chi connectivity index (χ0n) is 21.0. The van der Waals surface area contributed by atoms with Crippen molar-refractivity contribution < 1.29 is 14.3 Å². The number of H-pyrrole nitrogens is 1. The number of para-hydroxylation sites is 1. The lowest BCUT2D eigenvalue weighted by molar-refractivity contribution is 0.0952. The van der Waals surface area contributed by atoms with Gasteiger partial charge in [-0.15, -0.1) is 0 Å². The van der Waals surface area contributed by atoms with Crippen molar-refractivity contribution >= 4 is 16.8 Å². The Bertz CT molecular complexity index is 1470. The van der Waals surface area contributed by atoms with Gasteiger partial charge in [0.25, 0.3) is 5.91 Å². The Kier molecular flexibility index (Phi) is 7.21. The molecule has 0 saturated carbocycles. The van der Waals surface area contributed by atoms with E-state index in [9.17, 15) is 4.79 Å². The van der Waals surface area contributed by atoms with E-state index in [1.807, 2.05) is 84.7 Å². The van der Waals surface area contributed by atoms with Gasteiger partial charge in [0.1, 0.15) is 0 Å². The van der Waals surface area contributed by atoms with Crippen molar-refractivity contribution in [2.45, 2.75) is 19.4 Å². The summed E-state index contributed by atoms with van der Waals surface area (Å²) in [6, 6.07) is 23.7. The van der Waals surface area contributed by atoms with Crippen LogP contribution in [-0.4, -0.2) is 40.9 Å². The molecule has 7 heteroatoms. The fraction of sp³-hybridized carbons (Fsp3) is 0.200. The van der Waals surface area contributed by atoms with Crippen LogP contribution in [0.2, 0.25) is 0 Å². The average molecular weight is 495 g/mol. The molecule has 2 N–H and O–H groups in total. The van der Waals surface area contributed by atoms with Crippen molar-refractivity contribution in [3.05, 3.63) is 114 Å². The number of carbonyl (C=O) groups is 1. The molecule has 1 unspecified atom stereocenters. The zero-order valence-corrected chi connectivity index (χ0v) is 21.0. The smallest absolute Gasteiger partial charge is 0.251 e. The van der Waals surface area contributed by atoms with Crippen molar-refractivity contribution in [1.82, 2.24) is 20.1 Å². The zero-order chi connectivity index (χ0) is 25.6. The third kappa shape index (κ3) is 5.35. The lowest BCUT2D eigenvalue weighted by Gasteiger charge is -2.20. The number of nitrogens with zero attached hydrogens (tertiary/aromatic N) is 2. The molecular weight excluding hydrogens is 464 g/mol. The van der Waals surface area contributed by atoms with Gasteiger partial charge in [-0.2, -0.15) is 5.10 Å². The maximum atomic E-state index is 13.1.